The number of benzene rings is 2. The van der Waals surface area contributed by atoms with Gasteiger partial charge >= 0.3 is 0 Å². The summed E-state index contributed by atoms with van der Waals surface area (Å²) in [7, 11) is 0. The molecule has 0 bridgehead atoms. The van der Waals surface area contributed by atoms with Crippen LogP contribution in [0.25, 0.3) is 0 Å². The molecule has 3 amide bonds. The Labute approximate surface area is 185 Å². The summed E-state index contributed by atoms with van der Waals surface area (Å²) in [5.41, 5.74) is 2.64. The highest BCUT2D eigenvalue weighted by Gasteiger charge is 2.26. The zero-order valence-electron chi connectivity index (χ0n) is 16.9. The Kier molecular flexibility index (Phi) is 7.00. The molecule has 0 atom stereocenters. The van der Waals surface area contributed by atoms with E-state index in [4.69, 9.17) is 23.2 Å². The van der Waals surface area contributed by atoms with Crippen molar-refractivity contribution in [2.45, 2.75) is 26.7 Å². The summed E-state index contributed by atoms with van der Waals surface area (Å²) in [5.74, 6) is -0.569. The Morgan fingerprint density at radius 1 is 1.10 bits per heavy atom. The predicted molar refractivity (Wildman–Crippen MR) is 119 cm³/mol. The Morgan fingerprint density at radius 3 is 2.43 bits per heavy atom. The zero-order valence-corrected chi connectivity index (χ0v) is 18.4. The van der Waals surface area contributed by atoms with E-state index in [0.29, 0.717) is 47.2 Å². The highest BCUT2D eigenvalue weighted by atomic mass is 35.5. The number of carbonyl (C=O) groups is 3. The van der Waals surface area contributed by atoms with Crippen molar-refractivity contribution in [2.24, 2.45) is 0 Å². The van der Waals surface area contributed by atoms with E-state index in [1.54, 1.807) is 35.2 Å². The van der Waals surface area contributed by atoms with Crippen molar-refractivity contribution in [3.05, 3.63) is 57.6 Å². The van der Waals surface area contributed by atoms with Gasteiger partial charge in [-0.25, -0.2) is 0 Å². The van der Waals surface area contributed by atoms with Crippen LogP contribution in [0.4, 0.5) is 11.4 Å². The predicted octanol–water partition coefficient (Wildman–Crippen LogP) is 4.39. The van der Waals surface area contributed by atoms with Gasteiger partial charge in [-0.3, -0.25) is 14.4 Å². The number of carbonyl (C=O) groups excluding carboxylic acids is 3. The smallest absolute Gasteiger partial charge is 0.254 e. The first-order valence-electron chi connectivity index (χ1n) is 9.82. The summed E-state index contributed by atoms with van der Waals surface area (Å²) in [6, 6.07) is 10.3. The lowest BCUT2D eigenvalue weighted by Gasteiger charge is -2.21. The SMILES string of the molecule is CCC(=O)N1CCc2cc(C(=O)N(CC)CC(=O)Nc3c(Cl)cccc3Cl)ccc21. The van der Waals surface area contributed by atoms with Gasteiger partial charge in [0.05, 0.1) is 15.7 Å². The number of likely N-dealkylation sites (N-methyl/N-ethyl adjacent to an activating group) is 1. The number of amides is 3. The third-order valence-electron chi connectivity index (χ3n) is 5.06. The van der Waals surface area contributed by atoms with Gasteiger partial charge in [-0.1, -0.05) is 36.2 Å². The average molecular weight is 448 g/mol. The lowest BCUT2D eigenvalue weighted by atomic mass is 10.1. The molecule has 0 saturated carbocycles. The Bertz CT molecular complexity index is 973. The van der Waals surface area contributed by atoms with E-state index in [-0.39, 0.29) is 24.3 Å². The van der Waals surface area contributed by atoms with Gasteiger partial charge in [0.15, 0.2) is 0 Å². The van der Waals surface area contributed by atoms with E-state index in [2.05, 4.69) is 5.32 Å². The average Bonchev–Trinajstić information content (AvgIpc) is 3.17. The van der Waals surface area contributed by atoms with E-state index in [9.17, 15) is 14.4 Å². The number of hydrogen-bond donors (Lipinski definition) is 1. The van der Waals surface area contributed by atoms with Crippen molar-refractivity contribution in [1.82, 2.24) is 4.90 Å². The molecular weight excluding hydrogens is 425 g/mol. The molecule has 3 rings (SSSR count). The van der Waals surface area contributed by atoms with Gasteiger partial charge in [0.25, 0.3) is 5.91 Å². The summed E-state index contributed by atoms with van der Waals surface area (Å²) in [4.78, 5) is 40.7. The lowest BCUT2D eigenvalue weighted by molar-refractivity contribution is -0.118. The molecule has 1 N–H and O–H groups in total. The lowest BCUT2D eigenvalue weighted by Crippen LogP contribution is -2.38. The number of halogens is 2. The van der Waals surface area contributed by atoms with Crippen LogP contribution in [0.5, 0.6) is 0 Å². The number of anilines is 2. The molecule has 30 heavy (non-hydrogen) atoms. The highest BCUT2D eigenvalue weighted by Crippen LogP contribution is 2.31. The topological polar surface area (TPSA) is 69.7 Å². The minimum Gasteiger partial charge on any atom is -0.330 e. The van der Waals surface area contributed by atoms with E-state index in [1.165, 1.54) is 4.90 Å². The molecule has 0 unspecified atom stereocenters. The molecular formula is C22H23Cl2N3O3. The van der Waals surface area contributed by atoms with Gasteiger partial charge in [0.2, 0.25) is 11.8 Å². The van der Waals surface area contributed by atoms with Crippen LogP contribution in [0.15, 0.2) is 36.4 Å². The van der Waals surface area contributed by atoms with Crippen LogP contribution in [0.3, 0.4) is 0 Å². The highest BCUT2D eigenvalue weighted by molar-refractivity contribution is 6.39. The maximum absolute atomic E-state index is 13.0. The van der Waals surface area contributed by atoms with Crippen molar-refractivity contribution in [3.8, 4) is 0 Å². The van der Waals surface area contributed by atoms with Gasteiger partial charge in [-0.15, -0.1) is 0 Å². The Balaban J connectivity index is 1.72. The summed E-state index contributed by atoms with van der Waals surface area (Å²) >= 11 is 12.2. The molecule has 0 fully saturated rings. The first-order valence-corrected chi connectivity index (χ1v) is 10.6. The van der Waals surface area contributed by atoms with E-state index in [0.717, 1.165) is 11.3 Å². The number of fused-ring (bicyclic) bond motifs is 1. The maximum atomic E-state index is 13.0. The van der Waals surface area contributed by atoms with Crippen LogP contribution >= 0.6 is 23.2 Å². The maximum Gasteiger partial charge on any atom is 0.254 e. The molecule has 0 spiro atoms. The second-order valence-corrected chi connectivity index (χ2v) is 7.77. The standard InChI is InChI=1S/C22H23Cl2N3O3/c1-3-20(29)27-11-10-14-12-15(8-9-18(14)27)22(30)26(4-2)13-19(28)25-21-16(23)6-5-7-17(21)24/h5-9,12H,3-4,10-11,13H2,1-2H3,(H,25,28). The van der Waals surface area contributed by atoms with Crippen LogP contribution in [0.2, 0.25) is 10.0 Å². The summed E-state index contributed by atoms with van der Waals surface area (Å²) in [6.45, 7) is 4.49. The van der Waals surface area contributed by atoms with Gasteiger partial charge in [0, 0.05) is 30.8 Å². The first-order chi connectivity index (χ1) is 14.3. The number of hydrogen-bond acceptors (Lipinski definition) is 3. The molecule has 1 heterocycles. The molecule has 2 aromatic rings. The molecule has 0 aromatic heterocycles. The fourth-order valence-electron chi connectivity index (χ4n) is 3.46. The van der Waals surface area contributed by atoms with Crippen LogP contribution in [-0.2, 0) is 16.0 Å². The van der Waals surface area contributed by atoms with Gasteiger partial charge < -0.3 is 15.1 Å². The molecule has 6 nitrogen and oxygen atoms in total. The Morgan fingerprint density at radius 2 is 1.80 bits per heavy atom. The van der Waals surface area contributed by atoms with Gasteiger partial charge in [-0.05, 0) is 49.2 Å². The number of para-hydroxylation sites is 1. The van der Waals surface area contributed by atoms with Gasteiger partial charge in [-0.2, -0.15) is 0 Å². The third-order valence-corrected chi connectivity index (χ3v) is 5.69. The minimum absolute atomic E-state index is 0.0675. The molecule has 0 radical (unpaired) electrons. The van der Waals surface area contributed by atoms with Crippen LogP contribution in [0, 0.1) is 0 Å². The summed E-state index contributed by atoms with van der Waals surface area (Å²) < 4.78 is 0. The Hall–Kier alpha value is -2.57. The van der Waals surface area contributed by atoms with Crippen LogP contribution < -0.4 is 10.2 Å². The van der Waals surface area contributed by atoms with E-state index < -0.39 is 0 Å². The van der Waals surface area contributed by atoms with Crippen molar-refractivity contribution in [1.29, 1.82) is 0 Å². The molecule has 0 aliphatic carbocycles. The third kappa shape index (κ3) is 4.60. The van der Waals surface area contributed by atoms with Crippen LogP contribution in [0.1, 0.15) is 36.2 Å². The van der Waals surface area contributed by atoms with Crippen molar-refractivity contribution in [2.75, 3.05) is 29.9 Å². The molecule has 1 aliphatic rings. The largest absolute Gasteiger partial charge is 0.330 e. The fourth-order valence-corrected chi connectivity index (χ4v) is 3.96. The second-order valence-electron chi connectivity index (χ2n) is 6.96. The normalized spacial score (nSPS) is 12.5. The number of rotatable bonds is 6. The molecule has 0 saturated heterocycles. The second kappa shape index (κ2) is 9.49. The number of nitrogens with zero attached hydrogens (tertiary/aromatic N) is 2. The van der Waals surface area contributed by atoms with E-state index >= 15 is 0 Å². The van der Waals surface area contributed by atoms with Gasteiger partial charge in [0.1, 0.15) is 6.54 Å². The number of nitrogens with one attached hydrogen (secondary N) is 1. The van der Waals surface area contributed by atoms with E-state index in [1.807, 2.05) is 19.9 Å². The minimum atomic E-state index is -0.388. The van der Waals surface area contributed by atoms with Crippen LogP contribution in [-0.4, -0.2) is 42.3 Å². The summed E-state index contributed by atoms with van der Waals surface area (Å²) in [6.07, 6.45) is 1.15. The first kappa shape index (κ1) is 22.1. The zero-order chi connectivity index (χ0) is 21.8. The quantitative estimate of drug-likeness (QED) is 0.713. The van der Waals surface area contributed by atoms with Crippen molar-refractivity contribution >= 4 is 52.3 Å². The van der Waals surface area contributed by atoms with Crippen molar-refractivity contribution < 1.29 is 14.4 Å². The fraction of sp³-hybridized carbons (Fsp3) is 0.318. The molecule has 1 aliphatic heterocycles. The molecule has 158 valence electrons. The van der Waals surface area contributed by atoms with Crippen molar-refractivity contribution in [3.63, 3.8) is 0 Å². The molecule has 2 aromatic carbocycles. The monoisotopic (exact) mass is 447 g/mol. The summed E-state index contributed by atoms with van der Waals surface area (Å²) in [5, 5.41) is 3.33. The molecule has 8 heteroatoms.